The molecule has 0 radical (unpaired) electrons. The summed E-state index contributed by atoms with van der Waals surface area (Å²) >= 11 is 12.0. The van der Waals surface area contributed by atoms with Gasteiger partial charge in [0.2, 0.25) is 11.8 Å². The van der Waals surface area contributed by atoms with Crippen molar-refractivity contribution >= 4 is 93.2 Å². The van der Waals surface area contributed by atoms with Crippen LogP contribution in [0, 0.1) is 0 Å². The first-order valence-corrected chi connectivity index (χ1v) is 18.0. The van der Waals surface area contributed by atoms with Crippen LogP contribution in [0.5, 0.6) is 11.5 Å². The number of nitrogens with one attached hydrogen (secondary N) is 8. The molecule has 0 saturated heterocycles. The Morgan fingerprint density at radius 3 is 1.05 bits per heavy atom. The first kappa shape index (κ1) is 43.5. The second-order valence-electron chi connectivity index (χ2n) is 11.7. The minimum absolute atomic E-state index is 0.0443. The lowest BCUT2D eigenvalue weighted by molar-refractivity contribution is -0.133. The predicted molar refractivity (Wildman–Crippen MR) is 212 cm³/mol. The third-order valence-corrected chi connectivity index (χ3v) is 8.04. The molecule has 302 valence electrons. The van der Waals surface area contributed by atoms with E-state index in [0.717, 1.165) is 0 Å². The topological polar surface area (TPSA) is 251 Å². The molecule has 0 atom stereocenters. The summed E-state index contributed by atoms with van der Waals surface area (Å²) in [5, 5.41) is 10.1. The third kappa shape index (κ3) is 14.5. The van der Waals surface area contributed by atoms with Gasteiger partial charge in [0.1, 0.15) is 11.5 Å². The molecule has 18 nitrogen and oxygen atoms in total. The molecule has 0 aliphatic rings. The summed E-state index contributed by atoms with van der Waals surface area (Å²) in [6.45, 7) is -1.11. The zero-order valence-electron chi connectivity index (χ0n) is 30.3. The molecule has 0 saturated carbocycles. The van der Waals surface area contributed by atoms with Gasteiger partial charge in [0.05, 0.1) is 32.8 Å². The lowest BCUT2D eigenvalue weighted by Crippen LogP contribution is -2.44. The SMILES string of the molecule is O=C(CCCCC(=O)NNC(=O)COc1ccccc1NC(=O)C(=O)Nc1ccccc1Cl)NNC(=O)COc1ccccc1NC(=O)C(=O)Nc1ccccc1Cl. The smallest absolute Gasteiger partial charge is 0.314 e. The van der Waals surface area contributed by atoms with E-state index in [4.69, 9.17) is 32.7 Å². The van der Waals surface area contributed by atoms with Crippen LogP contribution in [0.1, 0.15) is 25.7 Å². The number of hydrogen-bond donors (Lipinski definition) is 8. The molecule has 0 aliphatic carbocycles. The quantitative estimate of drug-likeness (QED) is 0.0492. The summed E-state index contributed by atoms with van der Waals surface area (Å²) in [6.07, 6.45) is 0.437. The average Bonchev–Trinajstić information content (AvgIpc) is 3.21. The largest absolute Gasteiger partial charge is 0.482 e. The Balaban J connectivity index is 1.07. The van der Waals surface area contributed by atoms with Crippen LogP contribution < -0.4 is 52.4 Å². The van der Waals surface area contributed by atoms with Crippen LogP contribution in [0.4, 0.5) is 22.7 Å². The van der Waals surface area contributed by atoms with Crippen molar-refractivity contribution in [2.45, 2.75) is 25.7 Å². The van der Waals surface area contributed by atoms with Crippen molar-refractivity contribution in [2.24, 2.45) is 0 Å². The number of hydrazine groups is 2. The Morgan fingerprint density at radius 1 is 0.397 bits per heavy atom. The van der Waals surface area contributed by atoms with Gasteiger partial charge >= 0.3 is 23.6 Å². The molecule has 20 heteroatoms. The number of hydrogen-bond acceptors (Lipinski definition) is 10. The second kappa shape index (κ2) is 22.4. The second-order valence-corrected chi connectivity index (χ2v) is 12.6. The maximum Gasteiger partial charge on any atom is 0.314 e. The van der Waals surface area contributed by atoms with Crippen LogP contribution in [0.25, 0.3) is 0 Å². The summed E-state index contributed by atoms with van der Waals surface area (Å²) in [4.78, 5) is 98.5. The van der Waals surface area contributed by atoms with Crippen LogP contribution in [0.15, 0.2) is 97.1 Å². The fraction of sp³-hybridized carbons (Fsp3) is 0.158. The van der Waals surface area contributed by atoms with Crippen LogP contribution in [-0.4, -0.2) is 60.5 Å². The highest BCUT2D eigenvalue weighted by Gasteiger charge is 2.19. The minimum atomic E-state index is -1.01. The number of halogens is 2. The molecule has 8 N–H and O–H groups in total. The Hall–Kier alpha value is -7.18. The third-order valence-electron chi connectivity index (χ3n) is 7.38. The van der Waals surface area contributed by atoms with Gasteiger partial charge in [-0.15, -0.1) is 0 Å². The highest BCUT2D eigenvalue weighted by molar-refractivity contribution is 6.45. The van der Waals surface area contributed by atoms with Crippen molar-refractivity contribution in [3.63, 3.8) is 0 Å². The molecule has 58 heavy (non-hydrogen) atoms. The van der Waals surface area contributed by atoms with E-state index in [2.05, 4.69) is 43.0 Å². The van der Waals surface area contributed by atoms with E-state index in [0.29, 0.717) is 0 Å². The van der Waals surface area contributed by atoms with Crippen molar-refractivity contribution < 1.29 is 47.8 Å². The first-order valence-electron chi connectivity index (χ1n) is 17.2. The number of amides is 8. The fourth-order valence-electron chi connectivity index (χ4n) is 4.57. The van der Waals surface area contributed by atoms with E-state index in [1.165, 1.54) is 36.4 Å². The molecule has 0 spiro atoms. The number of unbranched alkanes of at least 4 members (excludes halogenated alkanes) is 1. The molecule has 0 fully saturated rings. The molecule has 4 aromatic rings. The molecular weight excluding hydrogens is 799 g/mol. The monoisotopic (exact) mass is 834 g/mol. The standard InChI is InChI=1S/C38H36Cl2N8O10/c39-23-11-1-3-13-25(23)41-35(53)37(55)43-27-15-5-7-17-29(27)57-21-33(51)47-45-31(49)19-9-10-20-32(50)46-48-34(52)22-58-30-18-8-6-16-28(30)44-38(56)36(54)42-26-14-4-2-12-24(26)40/h1-8,11-18H,9-10,19-22H2,(H,41,53)(H,42,54)(H,43,55)(H,44,56)(H,45,49)(H,46,50)(H,47,51)(H,48,52). The van der Waals surface area contributed by atoms with E-state index in [-0.39, 0.29) is 70.0 Å². The maximum atomic E-state index is 12.4. The Labute approximate surface area is 340 Å². The Bertz CT molecular complexity index is 2020. The number of ether oxygens (including phenoxy) is 2. The molecule has 0 aromatic heterocycles. The van der Waals surface area contributed by atoms with Gasteiger partial charge in [-0.05, 0) is 61.4 Å². The van der Waals surface area contributed by atoms with Crippen molar-refractivity contribution in [3.8, 4) is 11.5 Å². The van der Waals surface area contributed by atoms with Gasteiger partial charge < -0.3 is 30.7 Å². The highest BCUT2D eigenvalue weighted by atomic mass is 35.5. The lowest BCUT2D eigenvalue weighted by atomic mass is 10.2. The molecule has 0 unspecified atom stereocenters. The molecule has 0 aliphatic heterocycles. The van der Waals surface area contributed by atoms with E-state index in [1.807, 2.05) is 0 Å². The molecule has 0 heterocycles. The average molecular weight is 836 g/mol. The van der Waals surface area contributed by atoms with Gasteiger partial charge in [-0.2, -0.15) is 0 Å². The first-order chi connectivity index (χ1) is 27.9. The molecular formula is C38H36Cl2N8O10. The molecule has 4 rings (SSSR count). The van der Waals surface area contributed by atoms with Gasteiger partial charge in [0.15, 0.2) is 13.2 Å². The zero-order valence-corrected chi connectivity index (χ0v) is 31.8. The van der Waals surface area contributed by atoms with E-state index >= 15 is 0 Å². The van der Waals surface area contributed by atoms with E-state index in [9.17, 15) is 38.4 Å². The summed E-state index contributed by atoms with van der Waals surface area (Å²) in [5.74, 6) is -6.38. The van der Waals surface area contributed by atoms with Gasteiger partial charge in [0, 0.05) is 12.8 Å². The lowest BCUT2D eigenvalue weighted by Gasteiger charge is -2.13. The van der Waals surface area contributed by atoms with Crippen molar-refractivity contribution in [3.05, 3.63) is 107 Å². The molecule has 4 aromatic carbocycles. The summed E-state index contributed by atoms with van der Waals surface area (Å²) < 4.78 is 10.9. The van der Waals surface area contributed by atoms with Crippen LogP contribution in [0.3, 0.4) is 0 Å². The number of para-hydroxylation sites is 6. The molecule has 0 bridgehead atoms. The fourth-order valence-corrected chi connectivity index (χ4v) is 4.93. The minimum Gasteiger partial charge on any atom is -0.482 e. The van der Waals surface area contributed by atoms with Gasteiger partial charge in [-0.25, -0.2) is 0 Å². The van der Waals surface area contributed by atoms with Crippen molar-refractivity contribution in [1.29, 1.82) is 0 Å². The Kier molecular flexibility index (Phi) is 16.8. The van der Waals surface area contributed by atoms with E-state index < -0.39 is 60.5 Å². The Morgan fingerprint density at radius 2 is 0.690 bits per heavy atom. The summed E-state index contributed by atoms with van der Waals surface area (Å²) in [6, 6.07) is 24.9. The number of anilines is 4. The summed E-state index contributed by atoms with van der Waals surface area (Å²) in [5.41, 5.74) is 9.54. The predicted octanol–water partition coefficient (Wildman–Crippen LogP) is 3.46. The highest BCUT2D eigenvalue weighted by Crippen LogP contribution is 2.26. The van der Waals surface area contributed by atoms with Crippen LogP contribution in [0.2, 0.25) is 10.0 Å². The normalized spacial score (nSPS) is 10.2. The van der Waals surface area contributed by atoms with Crippen LogP contribution in [-0.2, 0) is 38.4 Å². The van der Waals surface area contributed by atoms with Gasteiger partial charge in [-0.3, -0.25) is 60.1 Å². The zero-order chi connectivity index (χ0) is 41.9. The summed E-state index contributed by atoms with van der Waals surface area (Å²) in [7, 11) is 0. The number of rotatable bonds is 15. The van der Waals surface area contributed by atoms with E-state index in [1.54, 1.807) is 60.7 Å². The maximum absolute atomic E-state index is 12.4. The molecule has 8 amide bonds. The number of carbonyl (C=O) groups excluding carboxylic acids is 8. The number of carbonyl (C=O) groups is 8. The van der Waals surface area contributed by atoms with Gasteiger partial charge in [0.25, 0.3) is 11.8 Å². The van der Waals surface area contributed by atoms with Crippen molar-refractivity contribution in [1.82, 2.24) is 21.7 Å². The number of benzene rings is 4. The van der Waals surface area contributed by atoms with Gasteiger partial charge in [-0.1, -0.05) is 71.7 Å². The van der Waals surface area contributed by atoms with Crippen LogP contribution >= 0.6 is 23.2 Å². The van der Waals surface area contributed by atoms with Crippen molar-refractivity contribution in [2.75, 3.05) is 34.5 Å².